The van der Waals surface area contributed by atoms with Crippen LogP contribution in [0, 0.1) is 41.5 Å². The number of pyridine rings is 1. The highest BCUT2D eigenvalue weighted by Crippen LogP contribution is 2.34. The minimum Gasteiger partial charge on any atom is -0.467 e. The third-order valence-corrected chi connectivity index (χ3v) is 6.57. The van der Waals surface area contributed by atoms with Crippen molar-refractivity contribution in [1.29, 1.82) is 0 Å². The van der Waals surface area contributed by atoms with Gasteiger partial charge in [0, 0.05) is 22.5 Å². The normalized spacial score (nSPS) is 12.5. The zero-order valence-corrected chi connectivity index (χ0v) is 22.6. The molecule has 0 aliphatic rings. The standard InChI is InChI=1S/C30H37NO4/c1-17-11-13-23(15-19(17)3)25-22(6)31(24-14-12-18(2)20(4)16-24)26(21(5)27(25)32)28(29(33)34-10)35-30(7,8)9/h11-16,28H,1-10H3. The molecular weight excluding hydrogens is 438 g/mol. The van der Waals surface area contributed by atoms with E-state index in [0.29, 0.717) is 16.8 Å². The number of nitrogens with zero attached hydrogens (tertiary/aromatic N) is 1. The molecule has 35 heavy (non-hydrogen) atoms. The summed E-state index contributed by atoms with van der Waals surface area (Å²) < 4.78 is 13.4. The summed E-state index contributed by atoms with van der Waals surface area (Å²) in [6.07, 6.45) is -1.07. The number of carbonyl (C=O) groups is 1. The smallest absolute Gasteiger partial charge is 0.341 e. The molecule has 5 heteroatoms. The van der Waals surface area contributed by atoms with Crippen LogP contribution in [0.3, 0.4) is 0 Å². The van der Waals surface area contributed by atoms with Crippen LogP contribution in [0.2, 0.25) is 0 Å². The van der Waals surface area contributed by atoms with Crippen LogP contribution in [0.15, 0.2) is 41.2 Å². The first kappa shape index (κ1) is 26.4. The van der Waals surface area contributed by atoms with Crippen molar-refractivity contribution in [2.24, 2.45) is 0 Å². The van der Waals surface area contributed by atoms with Crippen LogP contribution in [0.4, 0.5) is 0 Å². The highest BCUT2D eigenvalue weighted by molar-refractivity contribution is 5.78. The second-order valence-corrected chi connectivity index (χ2v) is 10.3. The molecule has 1 heterocycles. The van der Waals surface area contributed by atoms with E-state index in [4.69, 9.17) is 9.47 Å². The van der Waals surface area contributed by atoms with Crippen LogP contribution in [-0.2, 0) is 14.3 Å². The molecule has 2 aromatic carbocycles. The molecule has 0 saturated heterocycles. The number of carbonyl (C=O) groups excluding carboxylic acids is 1. The van der Waals surface area contributed by atoms with Gasteiger partial charge in [0.15, 0.2) is 11.5 Å². The van der Waals surface area contributed by atoms with Gasteiger partial charge in [0.1, 0.15) is 0 Å². The lowest BCUT2D eigenvalue weighted by molar-refractivity contribution is -0.165. The molecule has 0 amide bonds. The van der Waals surface area contributed by atoms with Crippen LogP contribution in [0.25, 0.3) is 16.8 Å². The molecule has 0 fully saturated rings. The highest BCUT2D eigenvalue weighted by Gasteiger charge is 2.34. The number of methoxy groups -OCH3 is 1. The van der Waals surface area contributed by atoms with Crippen LogP contribution in [0.1, 0.15) is 66.1 Å². The molecule has 0 bridgehead atoms. The molecule has 0 aliphatic carbocycles. The van der Waals surface area contributed by atoms with Gasteiger partial charge in [-0.2, -0.15) is 0 Å². The fourth-order valence-corrected chi connectivity index (χ4v) is 4.35. The Morgan fingerprint density at radius 1 is 0.857 bits per heavy atom. The Kier molecular flexibility index (Phi) is 7.42. The minimum atomic E-state index is -1.07. The topological polar surface area (TPSA) is 57.5 Å². The highest BCUT2D eigenvalue weighted by atomic mass is 16.6. The van der Waals surface area contributed by atoms with Crippen LogP contribution in [0.5, 0.6) is 0 Å². The number of aryl methyl sites for hydroxylation is 4. The van der Waals surface area contributed by atoms with Crippen molar-refractivity contribution in [3.63, 3.8) is 0 Å². The van der Waals surface area contributed by atoms with Gasteiger partial charge in [-0.15, -0.1) is 0 Å². The van der Waals surface area contributed by atoms with Gasteiger partial charge >= 0.3 is 5.97 Å². The van der Waals surface area contributed by atoms with Gasteiger partial charge in [-0.25, -0.2) is 4.79 Å². The number of ether oxygens (including phenoxy) is 2. The van der Waals surface area contributed by atoms with E-state index in [9.17, 15) is 9.59 Å². The van der Waals surface area contributed by atoms with Crippen LogP contribution < -0.4 is 5.43 Å². The number of esters is 1. The van der Waals surface area contributed by atoms with E-state index in [1.807, 2.05) is 63.5 Å². The molecule has 0 saturated carbocycles. The Labute approximate surface area is 208 Å². The summed E-state index contributed by atoms with van der Waals surface area (Å²) in [4.78, 5) is 26.9. The second-order valence-electron chi connectivity index (χ2n) is 10.3. The summed E-state index contributed by atoms with van der Waals surface area (Å²) in [5.74, 6) is -0.543. The SMILES string of the molecule is COC(=O)C(OC(C)(C)C)c1c(C)c(=O)c(-c2ccc(C)c(C)c2)c(C)n1-c1ccc(C)c(C)c1. The van der Waals surface area contributed by atoms with E-state index >= 15 is 0 Å². The summed E-state index contributed by atoms with van der Waals surface area (Å²) in [7, 11) is 1.34. The molecule has 0 N–H and O–H groups in total. The zero-order valence-electron chi connectivity index (χ0n) is 22.6. The largest absolute Gasteiger partial charge is 0.467 e. The quantitative estimate of drug-likeness (QED) is 0.402. The lowest BCUT2D eigenvalue weighted by atomic mass is 9.95. The molecule has 1 unspecified atom stereocenters. The fraction of sp³-hybridized carbons (Fsp3) is 0.400. The molecular formula is C30H37NO4. The maximum absolute atomic E-state index is 13.9. The van der Waals surface area contributed by atoms with Crippen LogP contribution >= 0.6 is 0 Å². The minimum absolute atomic E-state index is 0.118. The maximum Gasteiger partial charge on any atom is 0.341 e. The van der Waals surface area contributed by atoms with Crippen molar-refractivity contribution in [3.05, 3.63) is 85.8 Å². The summed E-state index contributed by atoms with van der Waals surface area (Å²) in [6.45, 7) is 17.5. The maximum atomic E-state index is 13.9. The average molecular weight is 476 g/mol. The lowest BCUT2D eigenvalue weighted by Gasteiger charge is -2.31. The second kappa shape index (κ2) is 9.82. The predicted molar refractivity (Wildman–Crippen MR) is 141 cm³/mol. The molecule has 0 aliphatic heterocycles. The van der Waals surface area contributed by atoms with Gasteiger partial charge in [0.2, 0.25) is 0 Å². The van der Waals surface area contributed by atoms with Gasteiger partial charge in [-0.1, -0.05) is 24.3 Å². The Morgan fingerprint density at radius 2 is 1.43 bits per heavy atom. The first-order valence-electron chi connectivity index (χ1n) is 11.9. The number of benzene rings is 2. The Hall–Kier alpha value is -3.18. The van der Waals surface area contributed by atoms with Crippen molar-refractivity contribution in [2.75, 3.05) is 7.11 Å². The van der Waals surface area contributed by atoms with E-state index in [1.54, 1.807) is 6.92 Å². The van der Waals surface area contributed by atoms with Crippen molar-refractivity contribution < 1.29 is 14.3 Å². The molecule has 0 radical (unpaired) electrons. The molecule has 5 nitrogen and oxygen atoms in total. The molecule has 0 spiro atoms. The number of hydrogen-bond donors (Lipinski definition) is 0. The Morgan fingerprint density at radius 3 is 1.94 bits per heavy atom. The van der Waals surface area contributed by atoms with Crippen LogP contribution in [-0.4, -0.2) is 23.2 Å². The number of rotatable bonds is 5. The van der Waals surface area contributed by atoms with Crippen molar-refractivity contribution in [1.82, 2.24) is 4.57 Å². The summed E-state index contributed by atoms with van der Waals surface area (Å²) >= 11 is 0. The molecule has 186 valence electrons. The van der Waals surface area contributed by atoms with E-state index in [-0.39, 0.29) is 5.43 Å². The fourth-order valence-electron chi connectivity index (χ4n) is 4.35. The van der Waals surface area contributed by atoms with Crippen molar-refractivity contribution >= 4 is 5.97 Å². The van der Waals surface area contributed by atoms with Gasteiger partial charge in [-0.05, 0) is 102 Å². The van der Waals surface area contributed by atoms with Crippen molar-refractivity contribution in [2.45, 2.75) is 74.0 Å². The van der Waals surface area contributed by atoms with Gasteiger partial charge in [0.05, 0.1) is 18.4 Å². The third kappa shape index (κ3) is 5.25. The first-order chi connectivity index (χ1) is 16.3. The van der Waals surface area contributed by atoms with E-state index in [0.717, 1.165) is 33.6 Å². The third-order valence-electron chi connectivity index (χ3n) is 6.57. The zero-order chi connectivity index (χ0) is 26.2. The summed E-state index contributed by atoms with van der Waals surface area (Å²) in [5, 5.41) is 0. The average Bonchev–Trinajstić information content (AvgIpc) is 2.78. The monoisotopic (exact) mass is 475 g/mol. The summed E-state index contributed by atoms with van der Waals surface area (Å²) in [6, 6.07) is 12.2. The lowest BCUT2D eigenvalue weighted by Crippen LogP contribution is -2.33. The van der Waals surface area contributed by atoms with Gasteiger partial charge in [-0.3, -0.25) is 4.79 Å². The predicted octanol–water partition coefficient (Wildman–Crippen LogP) is 6.38. The molecule has 1 atom stereocenters. The first-order valence-corrected chi connectivity index (χ1v) is 11.9. The van der Waals surface area contributed by atoms with E-state index in [2.05, 4.69) is 32.9 Å². The van der Waals surface area contributed by atoms with E-state index < -0.39 is 17.7 Å². The molecule has 3 aromatic rings. The Balaban J connectivity index is 2.49. The van der Waals surface area contributed by atoms with Crippen molar-refractivity contribution in [3.8, 4) is 16.8 Å². The number of aromatic nitrogens is 1. The van der Waals surface area contributed by atoms with E-state index in [1.165, 1.54) is 12.7 Å². The molecule has 3 rings (SSSR count). The summed E-state index contributed by atoms with van der Waals surface area (Å²) in [5.41, 5.74) is 7.83. The Bertz CT molecular complexity index is 1340. The number of hydrogen-bond acceptors (Lipinski definition) is 4. The molecule has 1 aromatic heterocycles. The van der Waals surface area contributed by atoms with Gasteiger partial charge in [0.25, 0.3) is 0 Å². The van der Waals surface area contributed by atoms with Gasteiger partial charge < -0.3 is 14.0 Å².